The molecule has 0 saturated heterocycles. The molecule has 0 aliphatic carbocycles. The van der Waals surface area contributed by atoms with Crippen LogP contribution in [0.5, 0.6) is 0 Å². The maximum absolute atomic E-state index is 12.8. The quantitative estimate of drug-likeness (QED) is 0.477. The van der Waals surface area contributed by atoms with Crippen molar-refractivity contribution < 1.29 is 13.9 Å². The van der Waals surface area contributed by atoms with Crippen molar-refractivity contribution in [3.8, 4) is 0 Å². The van der Waals surface area contributed by atoms with Gasteiger partial charge in [0.15, 0.2) is 0 Å². The van der Waals surface area contributed by atoms with Crippen LogP contribution in [0.25, 0.3) is 0 Å². The summed E-state index contributed by atoms with van der Waals surface area (Å²) in [5.74, 6) is -1.04. The molecule has 0 bridgehead atoms. The van der Waals surface area contributed by atoms with Crippen molar-refractivity contribution in [2.45, 2.75) is 6.42 Å². The first-order valence-corrected chi connectivity index (χ1v) is 3.36. The van der Waals surface area contributed by atoms with Gasteiger partial charge in [-0.1, -0.05) is 19.2 Å². The van der Waals surface area contributed by atoms with Crippen molar-refractivity contribution in [1.29, 1.82) is 0 Å². The van der Waals surface area contributed by atoms with Gasteiger partial charge in [0, 0.05) is 0 Å². The number of ether oxygens (including phenoxy) is 1. The number of allylic oxidation sites excluding steroid dienone is 3. The van der Waals surface area contributed by atoms with E-state index in [0.717, 1.165) is 6.08 Å². The van der Waals surface area contributed by atoms with Crippen LogP contribution in [0.3, 0.4) is 0 Å². The Morgan fingerprint density at radius 3 is 2.42 bits per heavy atom. The van der Waals surface area contributed by atoms with Crippen LogP contribution < -0.4 is 0 Å². The van der Waals surface area contributed by atoms with Crippen LogP contribution in [0.15, 0.2) is 36.7 Å². The maximum atomic E-state index is 12.8. The van der Waals surface area contributed by atoms with Gasteiger partial charge in [0.25, 0.3) is 0 Å². The SMILES string of the molecule is C=C/C(F)=C(\C=C)CC(=O)OC. The van der Waals surface area contributed by atoms with Gasteiger partial charge in [-0.05, 0) is 11.6 Å². The minimum atomic E-state index is -0.546. The number of esters is 1. The Labute approximate surface area is 71.0 Å². The van der Waals surface area contributed by atoms with E-state index >= 15 is 0 Å². The molecule has 0 atom stereocenters. The van der Waals surface area contributed by atoms with Crippen LogP contribution in [-0.2, 0) is 9.53 Å². The zero-order chi connectivity index (χ0) is 9.56. The molecule has 12 heavy (non-hydrogen) atoms. The van der Waals surface area contributed by atoms with Gasteiger partial charge >= 0.3 is 5.97 Å². The third kappa shape index (κ3) is 3.14. The van der Waals surface area contributed by atoms with E-state index in [9.17, 15) is 9.18 Å². The smallest absolute Gasteiger partial charge is 0.310 e. The first-order chi connectivity index (χ1) is 5.65. The average molecular weight is 170 g/mol. The summed E-state index contributed by atoms with van der Waals surface area (Å²) < 4.78 is 17.1. The average Bonchev–Trinajstić information content (AvgIpc) is 2.12. The van der Waals surface area contributed by atoms with E-state index in [4.69, 9.17) is 0 Å². The predicted octanol–water partition coefficient (Wildman–Crippen LogP) is 2.15. The summed E-state index contributed by atoms with van der Waals surface area (Å²) in [6.07, 6.45) is 2.19. The van der Waals surface area contributed by atoms with Crippen LogP contribution in [-0.4, -0.2) is 13.1 Å². The third-order valence-electron chi connectivity index (χ3n) is 1.29. The molecule has 0 aromatic carbocycles. The molecule has 0 aliphatic rings. The molecule has 0 N–H and O–H groups in total. The summed E-state index contributed by atoms with van der Waals surface area (Å²) in [6.45, 7) is 6.59. The second-order valence-corrected chi connectivity index (χ2v) is 2.03. The van der Waals surface area contributed by atoms with Crippen molar-refractivity contribution in [2.75, 3.05) is 7.11 Å². The first-order valence-electron chi connectivity index (χ1n) is 3.36. The Morgan fingerprint density at radius 2 is 2.08 bits per heavy atom. The van der Waals surface area contributed by atoms with E-state index in [2.05, 4.69) is 17.9 Å². The van der Waals surface area contributed by atoms with Crippen molar-refractivity contribution in [3.63, 3.8) is 0 Å². The number of methoxy groups -OCH3 is 1. The fourth-order valence-electron chi connectivity index (χ4n) is 0.613. The van der Waals surface area contributed by atoms with Crippen LogP contribution in [0.4, 0.5) is 4.39 Å². The fraction of sp³-hybridized carbons (Fsp3) is 0.222. The highest BCUT2D eigenvalue weighted by molar-refractivity contribution is 5.73. The highest BCUT2D eigenvalue weighted by Gasteiger charge is 2.06. The van der Waals surface area contributed by atoms with Gasteiger partial charge in [0.2, 0.25) is 0 Å². The van der Waals surface area contributed by atoms with E-state index < -0.39 is 11.8 Å². The topological polar surface area (TPSA) is 26.3 Å². The molecule has 2 nitrogen and oxygen atoms in total. The Morgan fingerprint density at radius 1 is 1.50 bits per heavy atom. The number of halogens is 1. The molecule has 0 rings (SSSR count). The normalized spacial score (nSPS) is 11.5. The number of carbonyl (C=O) groups excluding carboxylic acids is 1. The highest BCUT2D eigenvalue weighted by atomic mass is 19.1. The molecule has 0 heterocycles. The van der Waals surface area contributed by atoms with Gasteiger partial charge in [-0.25, -0.2) is 4.39 Å². The van der Waals surface area contributed by atoms with Crippen LogP contribution >= 0.6 is 0 Å². The summed E-state index contributed by atoms with van der Waals surface area (Å²) >= 11 is 0. The molecule has 0 aromatic heterocycles. The monoisotopic (exact) mass is 170 g/mol. The largest absolute Gasteiger partial charge is 0.469 e. The Hall–Kier alpha value is -1.38. The molecule has 66 valence electrons. The molecule has 0 aromatic rings. The zero-order valence-electron chi connectivity index (χ0n) is 6.97. The summed E-state index contributed by atoms with van der Waals surface area (Å²) in [5, 5.41) is 0. The van der Waals surface area contributed by atoms with E-state index in [1.165, 1.54) is 13.2 Å². The van der Waals surface area contributed by atoms with Crippen LogP contribution in [0.1, 0.15) is 6.42 Å². The lowest BCUT2D eigenvalue weighted by atomic mass is 10.1. The van der Waals surface area contributed by atoms with Crippen LogP contribution in [0.2, 0.25) is 0 Å². The van der Waals surface area contributed by atoms with Gasteiger partial charge in [0.05, 0.1) is 13.5 Å². The van der Waals surface area contributed by atoms with Gasteiger partial charge in [-0.15, -0.1) is 0 Å². The lowest BCUT2D eigenvalue weighted by molar-refractivity contribution is -0.139. The molecule has 0 unspecified atom stereocenters. The molecule has 0 spiro atoms. The van der Waals surface area contributed by atoms with Crippen LogP contribution in [0, 0.1) is 0 Å². The minimum Gasteiger partial charge on any atom is -0.469 e. The summed E-state index contributed by atoms with van der Waals surface area (Å²) in [7, 11) is 1.24. The predicted molar refractivity (Wildman–Crippen MR) is 45.2 cm³/mol. The Kier molecular flexibility index (Phi) is 4.69. The minimum absolute atomic E-state index is 0.113. The second-order valence-electron chi connectivity index (χ2n) is 2.03. The summed E-state index contributed by atoms with van der Waals surface area (Å²) in [5.41, 5.74) is 0.192. The Bertz CT molecular complexity index is 229. The molecule has 0 saturated carbocycles. The van der Waals surface area contributed by atoms with E-state index in [-0.39, 0.29) is 12.0 Å². The highest BCUT2D eigenvalue weighted by Crippen LogP contribution is 2.12. The first kappa shape index (κ1) is 10.6. The molecular formula is C9H11FO2. The summed E-state index contributed by atoms with van der Waals surface area (Å²) in [4.78, 5) is 10.7. The lowest BCUT2D eigenvalue weighted by Gasteiger charge is -2.00. The van der Waals surface area contributed by atoms with E-state index in [1.54, 1.807) is 0 Å². The van der Waals surface area contributed by atoms with Crippen molar-refractivity contribution >= 4 is 5.97 Å². The zero-order valence-corrected chi connectivity index (χ0v) is 6.97. The Balaban J connectivity index is 4.47. The van der Waals surface area contributed by atoms with Crippen molar-refractivity contribution in [2.24, 2.45) is 0 Å². The maximum Gasteiger partial charge on any atom is 0.310 e. The van der Waals surface area contributed by atoms with Crippen molar-refractivity contribution in [1.82, 2.24) is 0 Å². The lowest BCUT2D eigenvalue weighted by Crippen LogP contribution is -2.01. The standard InChI is InChI=1S/C9H11FO2/c1-4-7(8(10)5-2)6-9(11)12-3/h4-5H,1-2,6H2,3H3/b8-7-. The van der Waals surface area contributed by atoms with Gasteiger partial charge in [-0.3, -0.25) is 4.79 Å². The third-order valence-corrected chi connectivity index (χ3v) is 1.29. The number of hydrogen-bond donors (Lipinski definition) is 0. The fourth-order valence-corrected chi connectivity index (χ4v) is 0.613. The molecule has 3 heteroatoms. The second kappa shape index (κ2) is 5.29. The van der Waals surface area contributed by atoms with Gasteiger partial charge in [-0.2, -0.15) is 0 Å². The molecule has 0 fully saturated rings. The molecule has 0 aliphatic heterocycles. The molecule has 0 amide bonds. The van der Waals surface area contributed by atoms with Gasteiger partial charge < -0.3 is 4.74 Å². The molecular weight excluding hydrogens is 159 g/mol. The summed E-state index contributed by atoms with van der Waals surface area (Å²) in [6, 6.07) is 0. The van der Waals surface area contributed by atoms with Gasteiger partial charge in [0.1, 0.15) is 5.83 Å². The van der Waals surface area contributed by atoms with E-state index in [1.807, 2.05) is 0 Å². The van der Waals surface area contributed by atoms with E-state index in [0.29, 0.717) is 0 Å². The number of carbonyl (C=O) groups is 1. The number of hydrogen-bond acceptors (Lipinski definition) is 2. The molecule has 0 radical (unpaired) electrons. The number of rotatable bonds is 4. The van der Waals surface area contributed by atoms with Crippen molar-refractivity contribution in [3.05, 3.63) is 36.7 Å².